The van der Waals surface area contributed by atoms with Crippen molar-refractivity contribution >= 4 is 11.9 Å². The molecule has 0 radical (unpaired) electrons. The summed E-state index contributed by atoms with van der Waals surface area (Å²) in [6.07, 6.45) is 2.64. The van der Waals surface area contributed by atoms with E-state index in [1.54, 1.807) is 0 Å². The molecule has 0 aromatic heterocycles. The smallest absolute Gasteiger partial charge is 0.322 e. The van der Waals surface area contributed by atoms with Crippen LogP contribution in [0.25, 0.3) is 0 Å². The normalized spacial score (nSPS) is 29.9. The van der Waals surface area contributed by atoms with Crippen molar-refractivity contribution in [2.24, 2.45) is 5.92 Å². The van der Waals surface area contributed by atoms with E-state index in [0.29, 0.717) is 13.0 Å². The van der Waals surface area contributed by atoms with Crippen LogP contribution < -0.4 is 10.6 Å². The van der Waals surface area contributed by atoms with Gasteiger partial charge in [0.05, 0.1) is 7.11 Å². The molecule has 1 saturated heterocycles. The van der Waals surface area contributed by atoms with Gasteiger partial charge in [0.2, 0.25) is 5.91 Å². The summed E-state index contributed by atoms with van der Waals surface area (Å²) in [6.45, 7) is 0.651. The topological polar surface area (TPSA) is 67.4 Å². The van der Waals surface area contributed by atoms with Crippen molar-refractivity contribution in [1.82, 2.24) is 10.6 Å². The minimum absolute atomic E-state index is 0.0715. The molecule has 0 spiro atoms. The summed E-state index contributed by atoms with van der Waals surface area (Å²) in [7, 11) is 1.38. The first kappa shape index (κ1) is 10.4. The maximum atomic E-state index is 11.5. The minimum atomic E-state index is -0.264. The van der Waals surface area contributed by atoms with Gasteiger partial charge in [-0.15, -0.1) is 0 Å². The highest BCUT2D eigenvalue weighted by molar-refractivity contribution is 5.81. The molecule has 0 aromatic rings. The molecule has 1 aliphatic heterocycles. The van der Waals surface area contributed by atoms with Gasteiger partial charge in [-0.25, -0.2) is 0 Å². The summed E-state index contributed by atoms with van der Waals surface area (Å²) in [4.78, 5) is 22.6. The Hall–Kier alpha value is -1.10. The number of carbonyl (C=O) groups is 2. The number of hydrogen-bond donors (Lipinski definition) is 2. The first-order chi connectivity index (χ1) is 7.20. The highest BCUT2D eigenvalue weighted by Gasteiger charge is 2.35. The van der Waals surface area contributed by atoms with Crippen LogP contribution in [-0.2, 0) is 14.3 Å². The Labute approximate surface area is 88.5 Å². The lowest BCUT2D eigenvalue weighted by molar-refractivity contribution is -0.142. The van der Waals surface area contributed by atoms with Crippen molar-refractivity contribution in [3.63, 3.8) is 0 Å². The van der Waals surface area contributed by atoms with Gasteiger partial charge in [-0.3, -0.25) is 9.59 Å². The minimum Gasteiger partial charge on any atom is -0.468 e. The predicted molar refractivity (Wildman–Crippen MR) is 53.1 cm³/mol. The first-order valence-electron chi connectivity index (χ1n) is 5.32. The van der Waals surface area contributed by atoms with E-state index in [-0.39, 0.29) is 29.9 Å². The number of carbonyl (C=O) groups excluding carboxylic acids is 2. The van der Waals surface area contributed by atoms with Crippen LogP contribution in [0.5, 0.6) is 0 Å². The second kappa shape index (κ2) is 4.18. The van der Waals surface area contributed by atoms with Crippen LogP contribution in [-0.4, -0.2) is 37.6 Å². The summed E-state index contributed by atoms with van der Waals surface area (Å²) in [5, 5.41) is 5.97. The Bertz CT molecular complexity index is 276. The monoisotopic (exact) mass is 212 g/mol. The Morgan fingerprint density at radius 2 is 2.13 bits per heavy atom. The molecule has 15 heavy (non-hydrogen) atoms. The van der Waals surface area contributed by atoms with Crippen LogP contribution >= 0.6 is 0 Å². The standard InChI is InChI=1S/C10H16N2O3/c1-15-10(14)8-4-7(5-11-8)12-9(13)6-2-3-6/h6-8,11H,2-5H2,1H3,(H,12,13)/t7?,8-/m0/s1. The van der Waals surface area contributed by atoms with Gasteiger partial charge in [0.25, 0.3) is 0 Å². The molecule has 1 unspecified atom stereocenters. The van der Waals surface area contributed by atoms with E-state index in [2.05, 4.69) is 15.4 Å². The second-order valence-corrected chi connectivity index (χ2v) is 4.20. The molecule has 0 aromatic carbocycles. The number of methoxy groups -OCH3 is 1. The Balaban J connectivity index is 1.76. The fraction of sp³-hybridized carbons (Fsp3) is 0.800. The van der Waals surface area contributed by atoms with E-state index < -0.39 is 0 Å². The fourth-order valence-electron chi connectivity index (χ4n) is 1.83. The van der Waals surface area contributed by atoms with E-state index in [4.69, 9.17) is 0 Å². The Morgan fingerprint density at radius 3 is 2.73 bits per heavy atom. The number of hydrogen-bond acceptors (Lipinski definition) is 4. The van der Waals surface area contributed by atoms with Gasteiger partial charge in [0, 0.05) is 18.5 Å². The molecule has 2 fully saturated rings. The van der Waals surface area contributed by atoms with Gasteiger partial charge in [-0.05, 0) is 19.3 Å². The highest BCUT2D eigenvalue weighted by atomic mass is 16.5. The summed E-state index contributed by atoms with van der Waals surface area (Å²) in [5.41, 5.74) is 0. The zero-order valence-electron chi connectivity index (χ0n) is 8.79. The van der Waals surface area contributed by atoms with Crippen molar-refractivity contribution in [3.05, 3.63) is 0 Å². The largest absolute Gasteiger partial charge is 0.468 e. The molecule has 2 atom stereocenters. The quantitative estimate of drug-likeness (QED) is 0.614. The molecule has 0 bridgehead atoms. The summed E-state index contributed by atoms with van der Waals surface area (Å²) >= 11 is 0. The fourth-order valence-corrected chi connectivity index (χ4v) is 1.83. The molecule has 1 saturated carbocycles. The van der Waals surface area contributed by atoms with E-state index in [0.717, 1.165) is 12.8 Å². The molecule has 2 N–H and O–H groups in total. The van der Waals surface area contributed by atoms with Crippen LogP contribution in [0, 0.1) is 5.92 Å². The predicted octanol–water partition coefficient (Wildman–Crippen LogP) is -0.584. The third-order valence-electron chi connectivity index (χ3n) is 2.91. The first-order valence-corrected chi connectivity index (χ1v) is 5.32. The summed E-state index contributed by atoms with van der Waals surface area (Å²) in [5.74, 6) is 0.104. The molecular formula is C10H16N2O3. The number of rotatable bonds is 3. The Kier molecular flexibility index (Phi) is 2.90. The zero-order chi connectivity index (χ0) is 10.8. The third kappa shape index (κ3) is 2.47. The molecule has 1 amide bonds. The summed E-state index contributed by atoms with van der Waals surface area (Å²) < 4.78 is 4.63. The maximum absolute atomic E-state index is 11.5. The maximum Gasteiger partial charge on any atom is 0.322 e. The van der Waals surface area contributed by atoms with E-state index >= 15 is 0 Å². The van der Waals surface area contributed by atoms with E-state index in [1.807, 2.05) is 0 Å². The molecule has 1 heterocycles. The van der Waals surface area contributed by atoms with Crippen LogP contribution in [0.2, 0.25) is 0 Å². The number of amides is 1. The lowest BCUT2D eigenvalue weighted by Gasteiger charge is -2.10. The molecule has 5 nitrogen and oxygen atoms in total. The van der Waals surface area contributed by atoms with Crippen LogP contribution in [0.1, 0.15) is 19.3 Å². The molecule has 2 aliphatic rings. The molecule has 2 rings (SSSR count). The van der Waals surface area contributed by atoms with Gasteiger partial charge in [0.1, 0.15) is 6.04 Å². The van der Waals surface area contributed by atoms with Gasteiger partial charge < -0.3 is 15.4 Å². The van der Waals surface area contributed by atoms with Crippen LogP contribution in [0.4, 0.5) is 0 Å². The van der Waals surface area contributed by atoms with Crippen molar-refractivity contribution in [1.29, 1.82) is 0 Å². The molecule has 84 valence electrons. The summed E-state index contributed by atoms with van der Waals surface area (Å²) in [6, 6.07) is -0.193. The molecular weight excluding hydrogens is 196 g/mol. The van der Waals surface area contributed by atoms with Gasteiger partial charge in [0.15, 0.2) is 0 Å². The average molecular weight is 212 g/mol. The van der Waals surface area contributed by atoms with Gasteiger partial charge >= 0.3 is 5.97 Å². The number of esters is 1. The second-order valence-electron chi connectivity index (χ2n) is 4.20. The lowest BCUT2D eigenvalue weighted by Crippen LogP contribution is -2.37. The van der Waals surface area contributed by atoms with Crippen molar-refractivity contribution < 1.29 is 14.3 Å². The van der Waals surface area contributed by atoms with Crippen molar-refractivity contribution in [2.45, 2.75) is 31.3 Å². The Morgan fingerprint density at radius 1 is 1.40 bits per heavy atom. The van der Waals surface area contributed by atoms with Crippen molar-refractivity contribution in [2.75, 3.05) is 13.7 Å². The number of nitrogens with one attached hydrogen (secondary N) is 2. The molecule has 1 aliphatic carbocycles. The van der Waals surface area contributed by atoms with E-state index in [1.165, 1.54) is 7.11 Å². The number of ether oxygens (including phenoxy) is 1. The van der Waals surface area contributed by atoms with Crippen LogP contribution in [0.15, 0.2) is 0 Å². The van der Waals surface area contributed by atoms with Gasteiger partial charge in [-0.1, -0.05) is 0 Å². The third-order valence-corrected chi connectivity index (χ3v) is 2.91. The SMILES string of the molecule is COC(=O)[C@@H]1CC(NC(=O)C2CC2)CN1. The van der Waals surface area contributed by atoms with Gasteiger partial charge in [-0.2, -0.15) is 0 Å². The van der Waals surface area contributed by atoms with E-state index in [9.17, 15) is 9.59 Å². The highest BCUT2D eigenvalue weighted by Crippen LogP contribution is 2.29. The lowest BCUT2D eigenvalue weighted by atomic mass is 10.1. The van der Waals surface area contributed by atoms with Crippen molar-refractivity contribution in [3.8, 4) is 0 Å². The molecule has 5 heteroatoms. The average Bonchev–Trinajstić information content (AvgIpc) is 2.99. The zero-order valence-corrected chi connectivity index (χ0v) is 8.79. The van der Waals surface area contributed by atoms with Crippen LogP contribution in [0.3, 0.4) is 0 Å².